The van der Waals surface area contributed by atoms with Gasteiger partial charge in [-0.3, -0.25) is 4.79 Å². The Morgan fingerprint density at radius 3 is 3.00 bits per heavy atom. The standard InChI is InChI=1S/C11H12N2OS/c1-13(2)10-3-4-12-11-9(10)5-8(6-14)7-15-11/h3-6H,7H2,1-2H3. The predicted octanol–water partition coefficient (Wildman–Crippen LogP) is 1.84. The Bertz CT molecular complexity index is 427. The number of thioether (sulfide) groups is 1. The van der Waals surface area contributed by atoms with Crippen LogP contribution in [0.2, 0.25) is 0 Å². The molecule has 0 amide bonds. The number of nitrogens with zero attached hydrogens (tertiary/aromatic N) is 2. The van der Waals surface area contributed by atoms with Gasteiger partial charge >= 0.3 is 0 Å². The maximum atomic E-state index is 10.7. The van der Waals surface area contributed by atoms with Crippen LogP contribution in [-0.4, -0.2) is 31.1 Å². The normalized spacial score (nSPS) is 14.1. The summed E-state index contributed by atoms with van der Waals surface area (Å²) in [5, 5.41) is 1.01. The van der Waals surface area contributed by atoms with E-state index in [4.69, 9.17) is 0 Å². The molecule has 0 fully saturated rings. The Kier molecular flexibility index (Phi) is 2.77. The highest BCUT2D eigenvalue weighted by molar-refractivity contribution is 7.99. The average molecular weight is 220 g/mol. The molecular formula is C11H12N2OS. The van der Waals surface area contributed by atoms with E-state index in [2.05, 4.69) is 4.98 Å². The number of carbonyl (C=O) groups excluding carboxylic acids is 1. The third-order valence-electron chi connectivity index (χ3n) is 2.27. The van der Waals surface area contributed by atoms with Crippen LogP contribution < -0.4 is 4.90 Å². The molecule has 0 unspecified atom stereocenters. The summed E-state index contributed by atoms with van der Waals surface area (Å²) in [6.07, 6.45) is 4.66. The molecule has 0 spiro atoms. The van der Waals surface area contributed by atoms with Crippen molar-refractivity contribution in [3.8, 4) is 0 Å². The Morgan fingerprint density at radius 2 is 2.33 bits per heavy atom. The minimum absolute atomic E-state index is 0.723. The zero-order chi connectivity index (χ0) is 10.8. The number of carbonyl (C=O) groups is 1. The molecule has 0 bridgehead atoms. The largest absolute Gasteiger partial charge is 0.377 e. The topological polar surface area (TPSA) is 33.2 Å². The fourth-order valence-corrected chi connectivity index (χ4v) is 2.44. The van der Waals surface area contributed by atoms with Gasteiger partial charge in [0.2, 0.25) is 0 Å². The van der Waals surface area contributed by atoms with Gasteiger partial charge in [-0.15, -0.1) is 11.8 Å². The zero-order valence-electron chi connectivity index (χ0n) is 8.73. The van der Waals surface area contributed by atoms with Crippen molar-refractivity contribution in [3.63, 3.8) is 0 Å². The number of anilines is 1. The lowest BCUT2D eigenvalue weighted by Gasteiger charge is -2.20. The smallest absolute Gasteiger partial charge is 0.146 e. The highest BCUT2D eigenvalue weighted by Crippen LogP contribution is 2.34. The van der Waals surface area contributed by atoms with Gasteiger partial charge in [-0.05, 0) is 12.1 Å². The van der Waals surface area contributed by atoms with Crippen molar-refractivity contribution in [1.29, 1.82) is 0 Å². The van der Waals surface area contributed by atoms with Crippen molar-refractivity contribution in [2.75, 3.05) is 24.7 Å². The van der Waals surface area contributed by atoms with Crippen molar-refractivity contribution in [2.45, 2.75) is 5.03 Å². The highest BCUT2D eigenvalue weighted by atomic mass is 32.2. The quantitative estimate of drug-likeness (QED) is 0.712. The van der Waals surface area contributed by atoms with Crippen LogP contribution in [0.1, 0.15) is 5.56 Å². The van der Waals surface area contributed by atoms with E-state index in [1.807, 2.05) is 31.1 Å². The third-order valence-corrected chi connectivity index (χ3v) is 3.35. The summed E-state index contributed by atoms with van der Waals surface area (Å²) in [5.74, 6) is 0.723. The van der Waals surface area contributed by atoms with Gasteiger partial charge in [-0.2, -0.15) is 0 Å². The van der Waals surface area contributed by atoms with Gasteiger partial charge in [0, 0.05) is 42.9 Å². The monoisotopic (exact) mass is 220 g/mol. The summed E-state index contributed by atoms with van der Waals surface area (Å²) in [6.45, 7) is 0. The molecule has 1 aliphatic rings. The summed E-state index contributed by atoms with van der Waals surface area (Å²) < 4.78 is 0. The molecule has 4 heteroatoms. The molecule has 1 aliphatic heterocycles. The number of rotatable bonds is 2. The first-order valence-electron chi connectivity index (χ1n) is 4.67. The molecule has 2 heterocycles. The second-order valence-corrected chi connectivity index (χ2v) is 4.53. The fourth-order valence-electron chi connectivity index (χ4n) is 1.53. The molecule has 0 saturated heterocycles. The molecule has 0 N–H and O–H groups in total. The van der Waals surface area contributed by atoms with E-state index < -0.39 is 0 Å². The van der Waals surface area contributed by atoms with Crippen molar-refractivity contribution in [1.82, 2.24) is 4.98 Å². The molecule has 1 aromatic heterocycles. The molecule has 0 saturated carbocycles. The van der Waals surface area contributed by atoms with Crippen LogP contribution in [0.4, 0.5) is 5.69 Å². The van der Waals surface area contributed by atoms with Gasteiger partial charge in [0.1, 0.15) is 11.3 Å². The number of fused-ring (bicyclic) bond motifs is 1. The van der Waals surface area contributed by atoms with Gasteiger partial charge in [-0.25, -0.2) is 4.98 Å². The molecule has 3 nitrogen and oxygen atoms in total. The lowest BCUT2D eigenvalue weighted by molar-refractivity contribution is -0.104. The van der Waals surface area contributed by atoms with Crippen LogP contribution in [0.25, 0.3) is 6.08 Å². The molecule has 0 radical (unpaired) electrons. The van der Waals surface area contributed by atoms with Crippen LogP contribution in [0, 0.1) is 0 Å². The minimum Gasteiger partial charge on any atom is -0.377 e. The molecule has 1 aromatic rings. The Labute approximate surface area is 93.2 Å². The summed E-state index contributed by atoms with van der Waals surface area (Å²) in [7, 11) is 3.98. The Morgan fingerprint density at radius 1 is 1.53 bits per heavy atom. The highest BCUT2D eigenvalue weighted by Gasteiger charge is 2.15. The number of aromatic nitrogens is 1. The summed E-state index contributed by atoms with van der Waals surface area (Å²) in [4.78, 5) is 17.1. The van der Waals surface area contributed by atoms with Crippen LogP contribution in [0.15, 0.2) is 22.9 Å². The minimum atomic E-state index is 0.723. The van der Waals surface area contributed by atoms with E-state index in [-0.39, 0.29) is 0 Å². The van der Waals surface area contributed by atoms with Gasteiger partial charge in [0.25, 0.3) is 0 Å². The molecule has 2 rings (SSSR count). The Hall–Kier alpha value is -1.29. The molecule has 78 valence electrons. The second-order valence-electron chi connectivity index (χ2n) is 3.57. The van der Waals surface area contributed by atoms with Crippen molar-refractivity contribution in [2.24, 2.45) is 0 Å². The summed E-state index contributed by atoms with van der Waals surface area (Å²) in [5.41, 5.74) is 2.98. The lowest BCUT2D eigenvalue weighted by atomic mass is 10.1. The summed E-state index contributed by atoms with van der Waals surface area (Å²) >= 11 is 1.62. The second kappa shape index (κ2) is 4.06. The van der Waals surface area contributed by atoms with Crippen LogP contribution in [0.5, 0.6) is 0 Å². The summed E-state index contributed by atoms with van der Waals surface area (Å²) in [6, 6.07) is 1.96. The van der Waals surface area contributed by atoms with Gasteiger partial charge in [0.15, 0.2) is 0 Å². The average Bonchev–Trinajstić information content (AvgIpc) is 2.27. The van der Waals surface area contributed by atoms with Gasteiger partial charge in [0.05, 0.1) is 0 Å². The number of pyridine rings is 1. The number of hydrogen-bond acceptors (Lipinski definition) is 4. The van der Waals surface area contributed by atoms with E-state index in [1.165, 1.54) is 0 Å². The number of hydrogen-bond donors (Lipinski definition) is 0. The van der Waals surface area contributed by atoms with Crippen LogP contribution in [-0.2, 0) is 4.79 Å². The first kappa shape index (κ1) is 10.2. The third kappa shape index (κ3) is 1.90. The van der Waals surface area contributed by atoms with E-state index in [0.29, 0.717) is 0 Å². The predicted molar refractivity (Wildman–Crippen MR) is 63.3 cm³/mol. The van der Waals surface area contributed by atoms with E-state index >= 15 is 0 Å². The van der Waals surface area contributed by atoms with Crippen LogP contribution >= 0.6 is 11.8 Å². The van der Waals surface area contributed by atoms with Crippen molar-refractivity contribution < 1.29 is 4.79 Å². The molecule has 0 atom stereocenters. The maximum Gasteiger partial charge on any atom is 0.146 e. The van der Waals surface area contributed by atoms with Crippen molar-refractivity contribution in [3.05, 3.63) is 23.4 Å². The maximum absolute atomic E-state index is 10.7. The molecule has 0 aromatic carbocycles. The van der Waals surface area contributed by atoms with E-state index in [0.717, 1.165) is 33.9 Å². The van der Waals surface area contributed by atoms with E-state index in [1.54, 1.807) is 18.0 Å². The van der Waals surface area contributed by atoms with Gasteiger partial charge in [-0.1, -0.05) is 0 Å². The fraction of sp³-hybridized carbons (Fsp3) is 0.273. The van der Waals surface area contributed by atoms with Crippen LogP contribution in [0.3, 0.4) is 0 Å². The molecule has 15 heavy (non-hydrogen) atoms. The van der Waals surface area contributed by atoms with Crippen molar-refractivity contribution >= 4 is 29.8 Å². The first-order chi connectivity index (χ1) is 7.22. The van der Waals surface area contributed by atoms with E-state index in [9.17, 15) is 4.79 Å². The zero-order valence-corrected chi connectivity index (χ0v) is 9.54. The SMILES string of the molecule is CN(C)c1ccnc2c1C=C(C=O)CS2. The number of aldehydes is 1. The molecule has 0 aliphatic carbocycles. The van der Waals surface area contributed by atoms with Gasteiger partial charge < -0.3 is 4.90 Å². The lowest BCUT2D eigenvalue weighted by Crippen LogP contribution is -2.12. The Balaban J connectivity index is 2.55. The molecular weight excluding hydrogens is 208 g/mol. The first-order valence-corrected chi connectivity index (χ1v) is 5.66.